The Labute approximate surface area is 62.4 Å². The number of hydrogen-bond donors (Lipinski definition) is 0. The molecule has 3 heteroatoms. The molecule has 0 bridgehead atoms. The van der Waals surface area contributed by atoms with Crippen molar-refractivity contribution < 1.29 is 29.4 Å². The molecule has 0 heterocycles. The van der Waals surface area contributed by atoms with Gasteiger partial charge in [0, 0.05) is 0 Å². The summed E-state index contributed by atoms with van der Waals surface area (Å²) in [7, 11) is 0. The minimum Gasteiger partial charge on any atom is -0.545 e. The van der Waals surface area contributed by atoms with E-state index in [4.69, 9.17) is 9.90 Å². The van der Waals surface area contributed by atoms with Crippen LogP contribution in [-0.4, -0.2) is 5.97 Å². The number of carboxylic acid groups (broad SMARTS) is 1. The van der Waals surface area contributed by atoms with Crippen LogP contribution in [0.4, 0.5) is 0 Å². The molecular formula is C5H8O2Zn. The van der Waals surface area contributed by atoms with E-state index in [-0.39, 0.29) is 19.5 Å². The Morgan fingerprint density at radius 2 is 1.88 bits per heavy atom. The van der Waals surface area contributed by atoms with Gasteiger partial charge in [-0.05, 0) is 6.08 Å². The van der Waals surface area contributed by atoms with Crippen molar-refractivity contribution in [3.8, 4) is 0 Å². The van der Waals surface area contributed by atoms with Crippen molar-refractivity contribution in [2.24, 2.45) is 0 Å². The summed E-state index contributed by atoms with van der Waals surface area (Å²) in [6.07, 6.45) is 0.722. The summed E-state index contributed by atoms with van der Waals surface area (Å²) in [4.78, 5) is 9.14. The Kier molecular flexibility index (Phi) is 31.0. The SMILES string of the molecule is C=CC(=O)[O-].[CH2-]C.[Zn+2]. The van der Waals surface area contributed by atoms with E-state index in [9.17, 15) is 0 Å². The van der Waals surface area contributed by atoms with Gasteiger partial charge in [0.2, 0.25) is 0 Å². The maximum atomic E-state index is 9.14. The van der Waals surface area contributed by atoms with Crippen molar-refractivity contribution in [2.45, 2.75) is 6.92 Å². The normalized spacial score (nSPS) is 4.75. The van der Waals surface area contributed by atoms with Gasteiger partial charge >= 0.3 is 19.5 Å². The summed E-state index contributed by atoms with van der Waals surface area (Å²) < 4.78 is 0. The molecule has 0 aromatic heterocycles. The molecule has 2 nitrogen and oxygen atoms in total. The molecule has 0 aliphatic carbocycles. The molecule has 0 saturated heterocycles. The summed E-state index contributed by atoms with van der Waals surface area (Å²) in [6.45, 7) is 7.90. The van der Waals surface area contributed by atoms with Crippen molar-refractivity contribution in [1.29, 1.82) is 0 Å². The average molecular weight is 166 g/mol. The van der Waals surface area contributed by atoms with Gasteiger partial charge < -0.3 is 16.8 Å². The molecule has 0 aliphatic heterocycles. The second-order valence-electron chi connectivity index (χ2n) is 0.523. The van der Waals surface area contributed by atoms with Crippen LogP contribution in [0.5, 0.6) is 0 Å². The van der Waals surface area contributed by atoms with Crippen LogP contribution in [0.15, 0.2) is 12.7 Å². The first-order valence-electron chi connectivity index (χ1n) is 1.81. The van der Waals surface area contributed by atoms with E-state index in [1.54, 1.807) is 6.92 Å². The molecular weight excluding hydrogens is 157 g/mol. The summed E-state index contributed by atoms with van der Waals surface area (Å²) in [5.41, 5.74) is 0. The van der Waals surface area contributed by atoms with Gasteiger partial charge in [-0.1, -0.05) is 6.58 Å². The second-order valence-corrected chi connectivity index (χ2v) is 0.523. The van der Waals surface area contributed by atoms with Crippen LogP contribution in [0.3, 0.4) is 0 Å². The number of hydrogen-bond acceptors (Lipinski definition) is 2. The fourth-order valence-corrected chi connectivity index (χ4v) is 0. The molecule has 0 aromatic carbocycles. The third-order valence-corrected chi connectivity index (χ3v) is 0.167. The van der Waals surface area contributed by atoms with Crippen molar-refractivity contribution in [1.82, 2.24) is 0 Å². The summed E-state index contributed by atoms with van der Waals surface area (Å²) in [6, 6.07) is 0. The minimum absolute atomic E-state index is 0. The molecule has 0 rings (SSSR count). The van der Waals surface area contributed by atoms with Gasteiger partial charge in [-0.2, -0.15) is 6.92 Å². The van der Waals surface area contributed by atoms with Gasteiger partial charge in [-0.25, -0.2) is 0 Å². The quantitative estimate of drug-likeness (QED) is 0.306. The van der Waals surface area contributed by atoms with Crippen molar-refractivity contribution in [2.75, 3.05) is 0 Å². The Hall–Kier alpha value is -0.167. The van der Waals surface area contributed by atoms with E-state index in [1.807, 2.05) is 0 Å². The van der Waals surface area contributed by atoms with Gasteiger partial charge in [-0.3, -0.25) is 0 Å². The first kappa shape index (κ1) is 15.7. The third-order valence-electron chi connectivity index (χ3n) is 0.167. The Balaban J connectivity index is -0.0000000750. The fourth-order valence-electron chi connectivity index (χ4n) is 0. The molecule has 8 heavy (non-hydrogen) atoms. The van der Waals surface area contributed by atoms with Crippen LogP contribution in [0.2, 0.25) is 0 Å². The molecule has 0 saturated carbocycles. The number of aliphatic carboxylic acids is 1. The molecule has 0 radical (unpaired) electrons. The van der Waals surface area contributed by atoms with Crippen molar-refractivity contribution in [3.05, 3.63) is 19.6 Å². The number of carbonyl (C=O) groups is 1. The molecule has 0 aliphatic rings. The van der Waals surface area contributed by atoms with Crippen molar-refractivity contribution in [3.63, 3.8) is 0 Å². The van der Waals surface area contributed by atoms with Crippen LogP contribution in [0, 0.1) is 6.92 Å². The Bertz CT molecular complexity index is 61.4. The van der Waals surface area contributed by atoms with Crippen LogP contribution < -0.4 is 5.11 Å². The summed E-state index contributed by atoms with van der Waals surface area (Å²) in [5, 5.41) is 9.14. The summed E-state index contributed by atoms with van der Waals surface area (Å²) >= 11 is 0. The standard InChI is InChI=1S/C3H4O2.C2H5.Zn/c1-2-3(4)5;1-2;/h2H,1H2,(H,4,5);1H2,2H3;/q;-1;+2/p-1. The first-order chi connectivity index (χ1) is 3.27. The molecule has 0 atom stereocenters. The van der Waals surface area contributed by atoms with E-state index in [0.717, 1.165) is 6.08 Å². The van der Waals surface area contributed by atoms with E-state index >= 15 is 0 Å². The zero-order valence-corrected chi connectivity index (χ0v) is 7.98. The van der Waals surface area contributed by atoms with Crippen LogP contribution in [0.1, 0.15) is 6.92 Å². The van der Waals surface area contributed by atoms with E-state index < -0.39 is 5.97 Å². The van der Waals surface area contributed by atoms with Gasteiger partial charge in [0.1, 0.15) is 0 Å². The molecule has 0 fully saturated rings. The Morgan fingerprint density at radius 1 is 1.75 bits per heavy atom. The van der Waals surface area contributed by atoms with Crippen LogP contribution in [-0.2, 0) is 24.3 Å². The van der Waals surface area contributed by atoms with Gasteiger partial charge in [0.05, 0.1) is 5.97 Å². The van der Waals surface area contributed by atoms with Crippen LogP contribution in [0.25, 0.3) is 0 Å². The first-order valence-corrected chi connectivity index (χ1v) is 1.81. The van der Waals surface area contributed by atoms with Gasteiger partial charge in [0.25, 0.3) is 0 Å². The Morgan fingerprint density at radius 3 is 1.88 bits per heavy atom. The molecule has 0 N–H and O–H groups in total. The molecule has 0 aromatic rings. The maximum Gasteiger partial charge on any atom is 2.00 e. The molecule has 0 amide bonds. The number of carboxylic acids is 1. The van der Waals surface area contributed by atoms with Crippen molar-refractivity contribution >= 4 is 5.97 Å². The van der Waals surface area contributed by atoms with Crippen LogP contribution >= 0.6 is 0 Å². The predicted molar refractivity (Wildman–Crippen MR) is 26.2 cm³/mol. The second kappa shape index (κ2) is 15.8. The monoisotopic (exact) mass is 164 g/mol. The average Bonchev–Trinajstić information content (AvgIpc) is 1.73. The third kappa shape index (κ3) is 40.5. The zero-order chi connectivity index (χ0) is 6.28. The number of carbonyl (C=O) groups excluding carboxylic acids is 1. The van der Waals surface area contributed by atoms with E-state index in [0.29, 0.717) is 0 Å². The molecule has 0 unspecified atom stereocenters. The zero-order valence-electron chi connectivity index (χ0n) is 5.02. The molecule has 42 valence electrons. The largest absolute Gasteiger partial charge is 2.00 e. The number of rotatable bonds is 1. The smallest absolute Gasteiger partial charge is 0.545 e. The van der Waals surface area contributed by atoms with Gasteiger partial charge in [-0.15, -0.1) is 0 Å². The topological polar surface area (TPSA) is 40.1 Å². The fraction of sp³-hybridized carbons (Fsp3) is 0.200. The van der Waals surface area contributed by atoms with Gasteiger partial charge in [0.15, 0.2) is 0 Å². The van der Waals surface area contributed by atoms with E-state index in [1.165, 1.54) is 0 Å². The predicted octanol–water partition coefficient (Wildman–Crippen LogP) is -0.240. The maximum absolute atomic E-state index is 9.14. The summed E-state index contributed by atoms with van der Waals surface area (Å²) in [5.74, 6) is -1.23. The minimum atomic E-state index is -1.23. The molecule has 0 spiro atoms. The van der Waals surface area contributed by atoms with E-state index in [2.05, 4.69) is 13.5 Å².